The lowest BCUT2D eigenvalue weighted by Gasteiger charge is -2.26. The van der Waals surface area contributed by atoms with Crippen molar-refractivity contribution in [1.29, 1.82) is 0 Å². The molecule has 0 aromatic heterocycles. The standard InChI is InChI=1S/C20H25NO3/c1-10(2)16-14-5-6-15(16)18(20(23)24)17(14)19(22)21-13-8-11(3)7-12(4)9-13/h7-9,14-15,17-18H,5-6H2,1-4H3,(H,21,22)(H,23,24)/t14-,15+,17-,18-/m0/s1. The van der Waals surface area contributed by atoms with Gasteiger partial charge in [-0.3, -0.25) is 9.59 Å². The highest BCUT2D eigenvalue weighted by atomic mass is 16.4. The smallest absolute Gasteiger partial charge is 0.307 e. The molecule has 1 amide bonds. The van der Waals surface area contributed by atoms with Gasteiger partial charge in [-0.15, -0.1) is 0 Å². The summed E-state index contributed by atoms with van der Waals surface area (Å²) in [6.45, 7) is 8.04. The van der Waals surface area contributed by atoms with Crippen molar-refractivity contribution in [3.63, 3.8) is 0 Å². The van der Waals surface area contributed by atoms with Gasteiger partial charge in [0.1, 0.15) is 0 Å². The number of carbonyl (C=O) groups is 2. The van der Waals surface area contributed by atoms with Crippen LogP contribution >= 0.6 is 0 Å². The Morgan fingerprint density at radius 2 is 1.54 bits per heavy atom. The van der Waals surface area contributed by atoms with Crippen LogP contribution < -0.4 is 5.32 Å². The summed E-state index contributed by atoms with van der Waals surface area (Å²) in [5.41, 5.74) is 5.30. The van der Waals surface area contributed by atoms with Gasteiger partial charge in [-0.25, -0.2) is 0 Å². The Bertz CT molecular complexity index is 710. The van der Waals surface area contributed by atoms with E-state index in [9.17, 15) is 14.7 Å². The molecule has 2 bridgehead atoms. The molecule has 0 spiro atoms. The average Bonchev–Trinajstić information content (AvgIpc) is 3.01. The molecule has 0 heterocycles. The summed E-state index contributed by atoms with van der Waals surface area (Å²) in [4.78, 5) is 24.7. The van der Waals surface area contributed by atoms with Gasteiger partial charge in [0.2, 0.25) is 5.91 Å². The minimum atomic E-state index is -0.846. The summed E-state index contributed by atoms with van der Waals surface area (Å²) in [5, 5.41) is 12.7. The highest BCUT2D eigenvalue weighted by Gasteiger charge is 2.57. The van der Waals surface area contributed by atoms with Crippen LogP contribution in [0.25, 0.3) is 0 Å². The maximum Gasteiger partial charge on any atom is 0.307 e. The number of carboxylic acids is 1. The molecule has 4 atom stereocenters. The van der Waals surface area contributed by atoms with Crippen molar-refractivity contribution in [3.05, 3.63) is 40.5 Å². The van der Waals surface area contributed by atoms with E-state index in [-0.39, 0.29) is 17.7 Å². The first-order chi connectivity index (χ1) is 11.3. The largest absolute Gasteiger partial charge is 0.481 e. The Balaban J connectivity index is 1.91. The lowest BCUT2D eigenvalue weighted by Crippen LogP contribution is -2.37. The molecule has 2 aliphatic rings. The molecular weight excluding hydrogens is 302 g/mol. The molecule has 2 N–H and O–H groups in total. The third-order valence-corrected chi connectivity index (χ3v) is 5.50. The normalized spacial score (nSPS) is 28.1. The number of hydrogen-bond donors (Lipinski definition) is 2. The van der Waals surface area contributed by atoms with Crippen LogP contribution in [0, 0.1) is 37.5 Å². The summed E-state index contributed by atoms with van der Waals surface area (Å²) < 4.78 is 0. The first kappa shape index (κ1) is 16.7. The number of nitrogens with one attached hydrogen (secondary N) is 1. The van der Waals surface area contributed by atoms with Gasteiger partial charge in [0.15, 0.2) is 0 Å². The van der Waals surface area contributed by atoms with Gasteiger partial charge in [-0.05, 0) is 75.6 Å². The van der Waals surface area contributed by atoms with Crippen LogP contribution in [0.2, 0.25) is 0 Å². The van der Waals surface area contributed by atoms with Crippen molar-refractivity contribution in [1.82, 2.24) is 0 Å². The predicted octanol–water partition coefficient (Wildman–Crippen LogP) is 3.94. The van der Waals surface area contributed by atoms with Crippen molar-refractivity contribution in [3.8, 4) is 0 Å². The molecule has 24 heavy (non-hydrogen) atoms. The first-order valence-electron chi connectivity index (χ1n) is 8.59. The number of amides is 1. The number of allylic oxidation sites excluding steroid dienone is 2. The second-order valence-corrected chi connectivity index (χ2v) is 7.50. The fourth-order valence-corrected chi connectivity index (χ4v) is 4.88. The lowest BCUT2D eigenvalue weighted by molar-refractivity contribution is -0.148. The zero-order valence-corrected chi connectivity index (χ0v) is 14.7. The van der Waals surface area contributed by atoms with Gasteiger partial charge < -0.3 is 10.4 Å². The first-order valence-corrected chi connectivity index (χ1v) is 8.59. The van der Waals surface area contributed by atoms with Gasteiger partial charge in [0.05, 0.1) is 11.8 Å². The Hall–Kier alpha value is -2.10. The number of aliphatic carboxylic acids is 1. The number of rotatable bonds is 3. The monoisotopic (exact) mass is 327 g/mol. The van der Waals surface area contributed by atoms with Gasteiger partial charge in [-0.1, -0.05) is 17.2 Å². The van der Waals surface area contributed by atoms with Crippen LogP contribution in [0.4, 0.5) is 5.69 Å². The Labute approximate surface area is 143 Å². The molecule has 1 aromatic carbocycles. The van der Waals surface area contributed by atoms with Crippen molar-refractivity contribution >= 4 is 17.6 Å². The van der Waals surface area contributed by atoms with Gasteiger partial charge in [0.25, 0.3) is 0 Å². The van der Waals surface area contributed by atoms with E-state index in [1.165, 1.54) is 11.1 Å². The highest BCUT2D eigenvalue weighted by Crippen LogP contribution is 2.57. The molecule has 2 saturated carbocycles. The third kappa shape index (κ3) is 2.74. The molecule has 0 aliphatic heterocycles. The molecule has 4 heteroatoms. The van der Waals surface area contributed by atoms with Gasteiger partial charge in [0, 0.05) is 5.69 Å². The Kier molecular flexibility index (Phi) is 4.24. The van der Waals surface area contributed by atoms with Gasteiger partial charge >= 0.3 is 5.97 Å². The second kappa shape index (κ2) is 6.08. The third-order valence-electron chi connectivity index (χ3n) is 5.50. The molecule has 128 valence electrons. The van der Waals surface area contributed by atoms with E-state index in [1.54, 1.807) is 0 Å². The van der Waals surface area contributed by atoms with E-state index < -0.39 is 17.8 Å². The van der Waals surface area contributed by atoms with Crippen LogP contribution in [0.1, 0.15) is 37.8 Å². The quantitative estimate of drug-likeness (QED) is 0.827. The Morgan fingerprint density at radius 1 is 1.00 bits per heavy atom. The summed E-state index contributed by atoms with van der Waals surface area (Å²) >= 11 is 0. The molecule has 2 fully saturated rings. The Morgan fingerprint density at radius 3 is 2.04 bits per heavy atom. The zero-order valence-electron chi connectivity index (χ0n) is 14.7. The van der Waals surface area contributed by atoms with Crippen LogP contribution in [-0.2, 0) is 9.59 Å². The van der Waals surface area contributed by atoms with E-state index in [1.807, 2.05) is 39.8 Å². The number of anilines is 1. The van der Waals surface area contributed by atoms with Crippen LogP contribution in [0.3, 0.4) is 0 Å². The number of aryl methyl sites for hydroxylation is 2. The summed E-state index contributed by atoms with van der Waals surface area (Å²) in [6, 6.07) is 5.90. The van der Waals surface area contributed by atoms with Crippen LogP contribution in [0.15, 0.2) is 29.3 Å². The van der Waals surface area contributed by atoms with E-state index in [0.717, 1.165) is 29.7 Å². The molecule has 0 unspecified atom stereocenters. The summed E-state index contributed by atoms with van der Waals surface area (Å²) in [7, 11) is 0. The van der Waals surface area contributed by atoms with E-state index in [0.29, 0.717) is 0 Å². The zero-order chi connectivity index (χ0) is 17.6. The average molecular weight is 327 g/mol. The SMILES string of the molecule is CC(C)=C1[C@H]2CC[C@@H]1[C@H](C(=O)Nc1cc(C)cc(C)c1)[C@H]2C(=O)O. The number of carbonyl (C=O) groups excluding carboxylic acids is 1. The topological polar surface area (TPSA) is 66.4 Å². The van der Waals surface area contributed by atoms with Crippen LogP contribution in [-0.4, -0.2) is 17.0 Å². The minimum absolute atomic E-state index is 0.0208. The number of hydrogen-bond acceptors (Lipinski definition) is 2. The maximum atomic E-state index is 12.9. The highest BCUT2D eigenvalue weighted by molar-refractivity contribution is 5.96. The number of carboxylic acid groups (broad SMARTS) is 1. The summed E-state index contributed by atoms with van der Waals surface area (Å²) in [6.07, 6.45) is 1.80. The maximum absolute atomic E-state index is 12.9. The van der Waals surface area contributed by atoms with Crippen molar-refractivity contribution in [2.75, 3.05) is 5.32 Å². The molecule has 0 saturated heterocycles. The van der Waals surface area contributed by atoms with E-state index in [4.69, 9.17) is 0 Å². The lowest BCUT2D eigenvalue weighted by atomic mass is 9.78. The van der Waals surface area contributed by atoms with E-state index >= 15 is 0 Å². The van der Waals surface area contributed by atoms with Crippen LogP contribution in [0.5, 0.6) is 0 Å². The second-order valence-electron chi connectivity index (χ2n) is 7.50. The predicted molar refractivity (Wildman–Crippen MR) is 93.7 cm³/mol. The fraction of sp³-hybridized carbons (Fsp3) is 0.500. The minimum Gasteiger partial charge on any atom is -0.481 e. The van der Waals surface area contributed by atoms with Gasteiger partial charge in [-0.2, -0.15) is 0 Å². The number of benzene rings is 1. The molecule has 4 nitrogen and oxygen atoms in total. The molecule has 3 rings (SSSR count). The van der Waals surface area contributed by atoms with Crippen molar-refractivity contribution < 1.29 is 14.7 Å². The fourth-order valence-electron chi connectivity index (χ4n) is 4.88. The van der Waals surface area contributed by atoms with Crippen molar-refractivity contribution in [2.24, 2.45) is 23.7 Å². The van der Waals surface area contributed by atoms with Crippen molar-refractivity contribution in [2.45, 2.75) is 40.5 Å². The molecular formula is C20H25NO3. The molecule has 0 radical (unpaired) electrons. The molecule has 2 aliphatic carbocycles. The number of fused-ring (bicyclic) bond motifs is 2. The molecule has 1 aromatic rings. The van der Waals surface area contributed by atoms with E-state index in [2.05, 4.69) is 11.4 Å². The summed E-state index contributed by atoms with van der Waals surface area (Å²) in [5.74, 6) is -1.97.